The van der Waals surface area contributed by atoms with Gasteiger partial charge in [0.25, 0.3) is 0 Å². The maximum Gasteiger partial charge on any atom is 0.301 e. The molecule has 0 bridgehead atoms. The van der Waals surface area contributed by atoms with Gasteiger partial charge in [-0.2, -0.15) is 0 Å². The maximum absolute atomic E-state index is 11.3. The largest absolute Gasteiger partial charge is 0.377 e. The predicted octanol–water partition coefficient (Wildman–Crippen LogP) is 3.11. The average Bonchev–Trinajstić information content (AvgIpc) is 2.32. The van der Waals surface area contributed by atoms with Crippen LogP contribution >= 0.6 is 0 Å². The van der Waals surface area contributed by atoms with Crippen molar-refractivity contribution in [2.75, 3.05) is 5.32 Å². The molecule has 5 heteroatoms. The van der Waals surface area contributed by atoms with E-state index in [1.807, 2.05) is 6.07 Å². The summed E-state index contributed by atoms with van der Waals surface area (Å²) in [4.78, 5) is 15.1. The third-order valence-electron chi connectivity index (χ3n) is 3.40. The van der Waals surface area contributed by atoms with Crippen LogP contribution in [0, 0.1) is 10.1 Å². The number of nitrogens with one attached hydrogen (secondary N) is 1. The average molecular weight is 243 g/mol. The third-order valence-corrected chi connectivity index (χ3v) is 3.40. The first-order valence-electron chi connectivity index (χ1n) is 6.04. The van der Waals surface area contributed by atoms with Gasteiger partial charge in [0.05, 0.1) is 15.8 Å². The van der Waals surface area contributed by atoms with E-state index in [2.05, 4.69) is 10.3 Å². The van der Waals surface area contributed by atoms with Crippen LogP contribution in [-0.4, -0.2) is 15.9 Å². The number of hydrogen-bond acceptors (Lipinski definition) is 4. The molecule has 92 valence electrons. The van der Waals surface area contributed by atoms with Gasteiger partial charge in [-0.25, -0.2) is 0 Å². The van der Waals surface area contributed by atoms with Crippen LogP contribution in [-0.2, 0) is 0 Å². The lowest BCUT2D eigenvalue weighted by Crippen LogP contribution is -2.27. The molecule has 1 aromatic carbocycles. The van der Waals surface area contributed by atoms with Crippen molar-refractivity contribution in [1.82, 2.24) is 4.98 Å². The quantitative estimate of drug-likeness (QED) is 0.664. The van der Waals surface area contributed by atoms with E-state index in [0.717, 1.165) is 12.8 Å². The SMILES string of the molecule is O=[N+]([O-])c1c(NC2CCC2)ccc2ncccc12. The molecule has 0 aliphatic heterocycles. The van der Waals surface area contributed by atoms with Crippen molar-refractivity contribution >= 4 is 22.3 Å². The van der Waals surface area contributed by atoms with Crippen LogP contribution in [0.2, 0.25) is 0 Å². The first kappa shape index (κ1) is 11.0. The zero-order valence-corrected chi connectivity index (χ0v) is 9.80. The molecule has 0 amide bonds. The Morgan fingerprint density at radius 2 is 2.17 bits per heavy atom. The molecular formula is C13H13N3O2. The molecule has 1 heterocycles. The molecule has 3 rings (SSSR count). The second-order valence-electron chi connectivity index (χ2n) is 4.56. The van der Waals surface area contributed by atoms with Crippen molar-refractivity contribution in [3.8, 4) is 0 Å². The summed E-state index contributed by atoms with van der Waals surface area (Å²) in [6, 6.07) is 7.42. The summed E-state index contributed by atoms with van der Waals surface area (Å²) < 4.78 is 0. The second-order valence-corrected chi connectivity index (χ2v) is 4.56. The van der Waals surface area contributed by atoms with Crippen LogP contribution in [0.5, 0.6) is 0 Å². The second kappa shape index (κ2) is 4.25. The number of anilines is 1. The zero-order chi connectivity index (χ0) is 12.5. The Kier molecular flexibility index (Phi) is 2.59. The summed E-state index contributed by atoms with van der Waals surface area (Å²) in [6.07, 6.45) is 5.01. The van der Waals surface area contributed by atoms with Crippen molar-refractivity contribution in [3.63, 3.8) is 0 Å². The first-order chi connectivity index (χ1) is 8.75. The number of fused-ring (bicyclic) bond motifs is 1. The number of nitrogens with zero attached hydrogens (tertiary/aromatic N) is 2. The molecule has 0 atom stereocenters. The topological polar surface area (TPSA) is 68.1 Å². The molecule has 1 aromatic heterocycles. The smallest absolute Gasteiger partial charge is 0.301 e. The molecule has 0 unspecified atom stereocenters. The van der Waals surface area contributed by atoms with E-state index in [-0.39, 0.29) is 10.6 Å². The number of aromatic nitrogens is 1. The van der Waals surface area contributed by atoms with Crippen molar-refractivity contribution in [2.24, 2.45) is 0 Å². The molecule has 0 saturated heterocycles. The molecule has 2 aromatic rings. The van der Waals surface area contributed by atoms with E-state index < -0.39 is 0 Å². The molecule has 1 saturated carbocycles. The molecule has 1 N–H and O–H groups in total. The fraction of sp³-hybridized carbons (Fsp3) is 0.308. The van der Waals surface area contributed by atoms with Crippen LogP contribution in [0.4, 0.5) is 11.4 Å². The Bertz CT molecular complexity index is 608. The summed E-state index contributed by atoms with van der Waals surface area (Å²) in [6.45, 7) is 0. The van der Waals surface area contributed by atoms with E-state index in [0.29, 0.717) is 22.6 Å². The van der Waals surface area contributed by atoms with Gasteiger partial charge in [0.15, 0.2) is 0 Å². The van der Waals surface area contributed by atoms with Gasteiger partial charge in [0, 0.05) is 12.2 Å². The molecular weight excluding hydrogens is 230 g/mol. The number of nitro benzene ring substituents is 1. The van der Waals surface area contributed by atoms with E-state index >= 15 is 0 Å². The molecule has 0 radical (unpaired) electrons. The van der Waals surface area contributed by atoms with Gasteiger partial charge in [0.2, 0.25) is 0 Å². The van der Waals surface area contributed by atoms with E-state index in [1.165, 1.54) is 6.42 Å². The normalized spacial score (nSPS) is 15.3. The minimum Gasteiger partial charge on any atom is -0.377 e. The number of nitro groups is 1. The first-order valence-corrected chi connectivity index (χ1v) is 6.04. The van der Waals surface area contributed by atoms with Crippen molar-refractivity contribution in [1.29, 1.82) is 0 Å². The fourth-order valence-corrected chi connectivity index (χ4v) is 2.22. The van der Waals surface area contributed by atoms with Crippen LogP contribution in [0.1, 0.15) is 19.3 Å². The molecule has 1 fully saturated rings. The lowest BCUT2D eigenvalue weighted by atomic mass is 9.93. The Morgan fingerprint density at radius 3 is 2.83 bits per heavy atom. The van der Waals surface area contributed by atoms with Crippen molar-refractivity contribution in [2.45, 2.75) is 25.3 Å². The minimum atomic E-state index is -0.328. The van der Waals surface area contributed by atoms with E-state index in [4.69, 9.17) is 0 Å². The van der Waals surface area contributed by atoms with Gasteiger partial charge in [-0.05, 0) is 43.5 Å². The highest BCUT2D eigenvalue weighted by atomic mass is 16.6. The predicted molar refractivity (Wildman–Crippen MR) is 69.7 cm³/mol. The van der Waals surface area contributed by atoms with Gasteiger partial charge in [-0.3, -0.25) is 15.1 Å². The van der Waals surface area contributed by atoms with Crippen LogP contribution in [0.25, 0.3) is 10.9 Å². The van der Waals surface area contributed by atoms with Crippen LogP contribution in [0.15, 0.2) is 30.5 Å². The van der Waals surface area contributed by atoms with Crippen LogP contribution < -0.4 is 5.32 Å². The van der Waals surface area contributed by atoms with E-state index in [9.17, 15) is 10.1 Å². The summed E-state index contributed by atoms with van der Waals surface area (Å²) in [7, 11) is 0. The summed E-state index contributed by atoms with van der Waals surface area (Å²) in [5.74, 6) is 0. The molecule has 5 nitrogen and oxygen atoms in total. The van der Waals surface area contributed by atoms with Crippen LogP contribution in [0.3, 0.4) is 0 Å². The minimum absolute atomic E-state index is 0.132. The third kappa shape index (κ3) is 1.77. The Balaban J connectivity index is 2.12. The lowest BCUT2D eigenvalue weighted by molar-refractivity contribution is -0.382. The van der Waals surface area contributed by atoms with E-state index in [1.54, 1.807) is 24.4 Å². The highest BCUT2D eigenvalue weighted by Crippen LogP contribution is 2.34. The number of pyridine rings is 1. The number of rotatable bonds is 3. The van der Waals surface area contributed by atoms with Gasteiger partial charge in [0.1, 0.15) is 5.69 Å². The summed E-state index contributed by atoms with van der Waals surface area (Å²) in [5, 5.41) is 15.1. The zero-order valence-electron chi connectivity index (χ0n) is 9.80. The van der Waals surface area contributed by atoms with Gasteiger partial charge >= 0.3 is 5.69 Å². The number of benzene rings is 1. The molecule has 1 aliphatic carbocycles. The highest BCUT2D eigenvalue weighted by Gasteiger charge is 2.23. The van der Waals surface area contributed by atoms with Gasteiger partial charge in [-0.15, -0.1) is 0 Å². The lowest BCUT2D eigenvalue weighted by Gasteiger charge is -2.27. The maximum atomic E-state index is 11.3. The van der Waals surface area contributed by atoms with Crippen molar-refractivity contribution in [3.05, 3.63) is 40.6 Å². The molecule has 1 aliphatic rings. The van der Waals surface area contributed by atoms with Gasteiger partial charge in [-0.1, -0.05) is 0 Å². The summed E-state index contributed by atoms with van der Waals surface area (Å²) >= 11 is 0. The Morgan fingerprint density at radius 1 is 1.33 bits per heavy atom. The standard InChI is InChI=1S/C13H13N3O2/c17-16(18)13-10-5-2-8-14-11(10)6-7-12(13)15-9-3-1-4-9/h2,5-9,15H,1,3-4H2. The number of hydrogen-bond donors (Lipinski definition) is 1. The monoisotopic (exact) mass is 243 g/mol. The summed E-state index contributed by atoms with van der Waals surface area (Å²) in [5.41, 5.74) is 1.39. The Labute approximate surface area is 104 Å². The molecule has 18 heavy (non-hydrogen) atoms. The highest BCUT2D eigenvalue weighted by molar-refractivity contribution is 5.94. The van der Waals surface area contributed by atoms with Gasteiger partial charge < -0.3 is 5.32 Å². The fourth-order valence-electron chi connectivity index (χ4n) is 2.22. The molecule has 0 spiro atoms. The Hall–Kier alpha value is -2.17. The van der Waals surface area contributed by atoms with Crippen molar-refractivity contribution < 1.29 is 4.92 Å².